The van der Waals surface area contributed by atoms with Crippen LogP contribution in [0.4, 0.5) is 0 Å². The van der Waals surface area contributed by atoms with Crippen LogP contribution in [0.25, 0.3) is 16.9 Å². The summed E-state index contributed by atoms with van der Waals surface area (Å²) in [5.41, 5.74) is 2.97. The van der Waals surface area contributed by atoms with Crippen LogP contribution < -0.4 is 10.3 Å². The summed E-state index contributed by atoms with van der Waals surface area (Å²) in [6.07, 6.45) is 3.43. The molecular weight excluding hydrogens is 266 g/mol. The minimum absolute atomic E-state index is 0.0814. The van der Waals surface area contributed by atoms with E-state index in [1.165, 1.54) is 4.68 Å². The number of methoxy groups -OCH3 is 1. The fraction of sp³-hybridized carbons (Fsp3) is 0.125. The van der Waals surface area contributed by atoms with Crippen molar-refractivity contribution in [2.24, 2.45) is 0 Å². The molecule has 0 aliphatic rings. The highest BCUT2D eigenvalue weighted by Crippen LogP contribution is 2.20. The van der Waals surface area contributed by atoms with Crippen molar-refractivity contribution >= 4 is 0 Å². The monoisotopic (exact) mass is 281 g/mol. The van der Waals surface area contributed by atoms with E-state index in [1.807, 2.05) is 36.4 Å². The summed E-state index contributed by atoms with van der Waals surface area (Å²) in [5.74, 6) is 0.703. The van der Waals surface area contributed by atoms with E-state index in [0.717, 1.165) is 16.9 Å². The second-order valence-electron chi connectivity index (χ2n) is 4.70. The third-order valence-corrected chi connectivity index (χ3v) is 3.38. The molecule has 2 aromatic heterocycles. The van der Waals surface area contributed by atoms with Gasteiger partial charge >= 0.3 is 0 Å². The van der Waals surface area contributed by atoms with E-state index >= 15 is 0 Å². The van der Waals surface area contributed by atoms with Gasteiger partial charge in [0, 0.05) is 29.6 Å². The SMILES string of the molecule is COc1cccc(-n2[nH]c(-c3cccnc3)c(C)c2=O)c1. The van der Waals surface area contributed by atoms with E-state index < -0.39 is 0 Å². The maximum Gasteiger partial charge on any atom is 0.274 e. The molecule has 0 radical (unpaired) electrons. The highest BCUT2D eigenvalue weighted by molar-refractivity contribution is 5.61. The lowest BCUT2D eigenvalue weighted by atomic mass is 10.1. The van der Waals surface area contributed by atoms with Gasteiger partial charge in [0.05, 0.1) is 18.5 Å². The minimum atomic E-state index is -0.0814. The lowest BCUT2D eigenvalue weighted by molar-refractivity contribution is 0.414. The number of hydrogen-bond donors (Lipinski definition) is 1. The number of nitrogens with zero attached hydrogens (tertiary/aromatic N) is 2. The molecule has 3 rings (SSSR count). The molecule has 21 heavy (non-hydrogen) atoms. The van der Waals surface area contributed by atoms with Crippen LogP contribution >= 0.6 is 0 Å². The van der Waals surface area contributed by atoms with Crippen molar-refractivity contribution in [2.75, 3.05) is 7.11 Å². The van der Waals surface area contributed by atoms with Crippen LogP contribution in [0.1, 0.15) is 5.56 Å². The van der Waals surface area contributed by atoms with Crippen molar-refractivity contribution in [3.63, 3.8) is 0 Å². The van der Waals surface area contributed by atoms with Crippen molar-refractivity contribution in [2.45, 2.75) is 6.92 Å². The Bertz CT molecular complexity index is 819. The Kier molecular flexibility index (Phi) is 3.31. The molecule has 5 nitrogen and oxygen atoms in total. The predicted octanol–water partition coefficient (Wildman–Crippen LogP) is 2.54. The maximum atomic E-state index is 12.4. The van der Waals surface area contributed by atoms with Crippen molar-refractivity contribution in [1.29, 1.82) is 0 Å². The van der Waals surface area contributed by atoms with Gasteiger partial charge in [-0.2, -0.15) is 0 Å². The first-order valence-electron chi connectivity index (χ1n) is 6.57. The molecule has 0 aliphatic heterocycles. The minimum Gasteiger partial charge on any atom is -0.497 e. The van der Waals surface area contributed by atoms with Crippen LogP contribution in [0.5, 0.6) is 5.75 Å². The maximum absolute atomic E-state index is 12.4. The molecule has 3 aromatic rings. The number of rotatable bonds is 3. The summed E-state index contributed by atoms with van der Waals surface area (Å²) in [6, 6.07) is 11.1. The molecule has 0 aliphatic carbocycles. The molecule has 2 heterocycles. The Morgan fingerprint density at radius 1 is 1.24 bits per heavy atom. The number of H-pyrrole nitrogens is 1. The van der Waals surface area contributed by atoms with Gasteiger partial charge in [-0.1, -0.05) is 6.07 Å². The summed E-state index contributed by atoms with van der Waals surface area (Å²) in [7, 11) is 1.60. The fourth-order valence-electron chi connectivity index (χ4n) is 2.24. The second-order valence-corrected chi connectivity index (χ2v) is 4.70. The van der Waals surface area contributed by atoms with Crippen LogP contribution in [0.15, 0.2) is 53.6 Å². The van der Waals surface area contributed by atoms with Crippen LogP contribution in [-0.2, 0) is 0 Å². The Morgan fingerprint density at radius 2 is 2.10 bits per heavy atom. The van der Waals surface area contributed by atoms with Gasteiger partial charge in [0.1, 0.15) is 5.75 Å². The first-order valence-corrected chi connectivity index (χ1v) is 6.57. The van der Waals surface area contributed by atoms with Gasteiger partial charge < -0.3 is 4.74 Å². The van der Waals surface area contributed by atoms with Gasteiger partial charge in [-0.05, 0) is 31.2 Å². The molecule has 0 atom stereocenters. The highest BCUT2D eigenvalue weighted by atomic mass is 16.5. The molecule has 0 spiro atoms. The Balaban J connectivity index is 2.15. The Labute approximate surface area is 121 Å². The average Bonchev–Trinajstić information content (AvgIpc) is 2.84. The number of nitrogens with one attached hydrogen (secondary N) is 1. The summed E-state index contributed by atoms with van der Waals surface area (Å²) in [4.78, 5) is 16.5. The average molecular weight is 281 g/mol. The zero-order chi connectivity index (χ0) is 14.8. The van der Waals surface area contributed by atoms with E-state index in [0.29, 0.717) is 11.3 Å². The summed E-state index contributed by atoms with van der Waals surface area (Å²) in [5, 5.41) is 3.14. The summed E-state index contributed by atoms with van der Waals surface area (Å²) >= 11 is 0. The molecule has 106 valence electrons. The quantitative estimate of drug-likeness (QED) is 0.802. The molecule has 5 heteroatoms. The van der Waals surface area contributed by atoms with Crippen LogP contribution in [0.3, 0.4) is 0 Å². The van der Waals surface area contributed by atoms with Gasteiger partial charge in [-0.3, -0.25) is 14.9 Å². The third-order valence-electron chi connectivity index (χ3n) is 3.38. The van der Waals surface area contributed by atoms with Crippen LogP contribution in [-0.4, -0.2) is 21.9 Å². The molecule has 0 saturated heterocycles. The van der Waals surface area contributed by atoms with Crippen molar-refractivity contribution < 1.29 is 4.74 Å². The number of aromatic nitrogens is 3. The molecule has 0 amide bonds. The lowest BCUT2D eigenvalue weighted by Crippen LogP contribution is -2.15. The second kappa shape index (κ2) is 5.28. The molecule has 0 bridgehead atoms. The molecule has 1 aromatic carbocycles. The number of ether oxygens (including phenoxy) is 1. The first kappa shape index (κ1) is 13.2. The molecule has 0 saturated carbocycles. The van der Waals surface area contributed by atoms with E-state index in [4.69, 9.17) is 4.74 Å². The van der Waals surface area contributed by atoms with Gasteiger partial charge in [0.25, 0.3) is 5.56 Å². The topological polar surface area (TPSA) is 59.9 Å². The van der Waals surface area contributed by atoms with Gasteiger partial charge in [-0.15, -0.1) is 0 Å². The molecule has 1 N–H and O–H groups in total. The number of pyridine rings is 1. The lowest BCUT2D eigenvalue weighted by Gasteiger charge is -2.04. The van der Waals surface area contributed by atoms with Crippen molar-refractivity contribution in [1.82, 2.24) is 14.8 Å². The summed E-state index contributed by atoms with van der Waals surface area (Å²) in [6.45, 7) is 1.80. The highest BCUT2D eigenvalue weighted by Gasteiger charge is 2.13. The fourth-order valence-corrected chi connectivity index (χ4v) is 2.24. The Hall–Kier alpha value is -2.82. The molecule has 0 fully saturated rings. The smallest absolute Gasteiger partial charge is 0.274 e. The van der Waals surface area contributed by atoms with E-state index in [2.05, 4.69) is 10.1 Å². The largest absolute Gasteiger partial charge is 0.497 e. The van der Waals surface area contributed by atoms with Gasteiger partial charge in [-0.25, -0.2) is 4.68 Å². The van der Waals surface area contributed by atoms with E-state index in [-0.39, 0.29) is 5.56 Å². The predicted molar refractivity (Wildman–Crippen MR) is 80.9 cm³/mol. The summed E-state index contributed by atoms with van der Waals surface area (Å²) < 4.78 is 6.71. The van der Waals surface area contributed by atoms with Crippen molar-refractivity contribution in [3.8, 4) is 22.7 Å². The number of aromatic amines is 1. The van der Waals surface area contributed by atoms with Crippen LogP contribution in [0, 0.1) is 6.92 Å². The van der Waals surface area contributed by atoms with E-state index in [1.54, 1.807) is 26.4 Å². The van der Waals surface area contributed by atoms with Crippen LogP contribution in [0.2, 0.25) is 0 Å². The van der Waals surface area contributed by atoms with Gasteiger partial charge in [0.15, 0.2) is 0 Å². The van der Waals surface area contributed by atoms with Gasteiger partial charge in [0.2, 0.25) is 0 Å². The number of benzene rings is 1. The molecular formula is C16H15N3O2. The zero-order valence-corrected chi connectivity index (χ0v) is 11.8. The van der Waals surface area contributed by atoms with Crippen molar-refractivity contribution in [3.05, 3.63) is 64.7 Å². The number of hydrogen-bond acceptors (Lipinski definition) is 3. The molecule has 0 unspecified atom stereocenters. The van der Waals surface area contributed by atoms with E-state index in [9.17, 15) is 4.79 Å². The first-order chi connectivity index (χ1) is 10.2. The standard InChI is InChI=1S/C16H15N3O2/c1-11-15(12-5-4-8-17-10-12)18-19(16(11)20)13-6-3-7-14(9-13)21-2/h3-10,18H,1-2H3. The Morgan fingerprint density at radius 3 is 2.81 bits per heavy atom. The third kappa shape index (κ3) is 2.33. The zero-order valence-electron chi connectivity index (χ0n) is 11.8. The normalized spacial score (nSPS) is 10.6.